The summed E-state index contributed by atoms with van der Waals surface area (Å²) in [6.45, 7) is 0. The molecule has 33 heavy (non-hydrogen) atoms. The lowest BCUT2D eigenvalue weighted by molar-refractivity contribution is 0.0736. The van der Waals surface area contributed by atoms with Gasteiger partial charge in [0.05, 0.1) is 11.5 Å². The third-order valence-corrected chi connectivity index (χ3v) is 5.83. The Morgan fingerprint density at radius 2 is 1.79 bits per heavy atom. The molecule has 0 radical (unpaired) electrons. The molecule has 0 aromatic heterocycles. The highest BCUT2D eigenvalue weighted by atomic mass is 35.5. The summed E-state index contributed by atoms with van der Waals surface area (Å²) in [5.41, 5.74) is 8.37. The van der Waals surface area contributed by atoms with E-state index in [9.17, 15) is 10.1 Å². The molecule has 1 aliphatic rings. The highest BCUT2D eigenvalue weighted by Crippen LogP contribution is 2.43. The number of carbonyl (C=O) groups excluding carboxylic acids is 1. The van der Waals surface area contributed by atoms with Gasteiger partial charge in [-0.05, 0) is 40.6 Å². The third-order valence-electron chi connectivity index (χ3n) is 5.59. The first-order chi connectivity index (χ1) is 16.0. The molecule has 0 saturated carbocycles. The molecule has 160 valence electrons. The molecule has 0 fully saturated rings. The van der Waals surface area contributed by atoms with Crippen molar-refractivity contribution in [2.24, 2.45) is 5.73 Å². The lowest BCUT2D eigenvalue weighted by atomic mass is 9.83. The van der Waals surface area contributed by atoms with Crippen LogP contribution in [0.25, 0.3) is 10.8 Å². The maximum atomic E-state index is 12.9. The Morgan fingerprint density at radius 3 is 2.61 bits per heavy atom. The fourth-order valence-electron chi connectivity index (χ4n) is 4.09. The number of allylic oxidation sites excluding steroid dienone is 1. The first kappa shape index (κ1) is 20.6. The minimum atomic E-state index is -0.477. The molecule has 4 aromatic carbocycles. The molecule has 0 saturated heterocycles. The van der Waals surface area contributed by atoms with Crippen molar-refractivity contribution in [3.05, 3.63) is 118 Å². The number of nitrogens with two attached hydrogens (primary N) is 1. The Balaban J connectivity index is 1.51. The number of halogens is 1. The van der Waals surface area contributed by atoms with Gasteiger partial charge in [-0.15, -0.1) is 0 Å². The molecule has 5 rings (SSSR count). The Bertz CT molecular complexity index is 1480. The fraction of sp³-hybridized carbons (Fsp3) is 0.0370. The Hall–Kier alpha value is -4.27. The second-order valence-electron chi connectivity index (χ2n) is 7.60. The zero-order valence-corrected chi connectivity index (χ0v) is 18.0. The monoisotopic (exact) mass is 452 g/mol. The van der Waals surface area contributed by atoms with Gasteiger partial charge in [0.15, 0.2) is 0 Å². The second kappa shape index (κ2) is 8.34. The van der Waals surface area contributed by atoms with Gasteiger partial charge in [-0.25, -0.2) is 4.79 Å². The van der Waals surface area contributed by atoms with Crippen molar-refractivity contribution in [2.75, 3.05) is 0 Å². The zero-order chi connectivity index (χ0) is 22.9. The number of carbonyl (C=O) groups is 1. The second-order valence-corrected chi connectivity index (χ2v) is 8.03. The van der Waals surface area contributed by atoms with Crippen molar-refractivity contribution in [3.63, 3.8) is 0 Å². The minimum absolute atomic E-state index is 0.00695. The summed E-state index contributed by atoms with van der Waals surface area (Å²) in [6.07, 6.45) is 0. The van der Waals surface area contributed by atoms with E-state index in [-0.39, 0.29) is 5.88 Å². The van der Waals surface area contributed by atoms with Crippen LogP contribution in [-0.4, -0.2) is 5.97 Å². The van der Waals surface area contributed by atoms with Crippen LogP contribution in [-0.2, 0) is 0 Å². The van der Waals surface area contributed by atoms with Crippen LogP contribution in [0.5, 0.6) is 11.5 Å². The van der Waals surface area contributed by atoms with Crippen LogP contribution in [0, 0.1) is 11.3 Å². The SMILES string of the molecule is N#CC1=C(N)Oc2cc(OC(=O)c3cccc4ccccc34)ccc2C1c1cccc(Cl)c1. The maximum Gasteiger partial charge on any atom is 0.344 e. The van der Waals surface area contributed by atoms with Crippen LogP contribution in [0.1, 0.15) is 27.4 Å². The average molecular weight is 453 g/mol. The van der Waals surface area contributed by atoms with Crippen LogP contribution in [0.4, 0.5) is 0 Å². The van der Waals surface area contributed by atoms with Crippen molar-refractivity contribution in [3.8, 4) is 17.6 Å². The summed E-state index contributed by atoms with van der Waals surface area (Å²) in [4.78, 5) is 12.9. The number of nitrogens with zero attached hydrogens (tertiary/aromatic N) is 1. The van der Waals surface area contributed by atoms with E-state index in [1.807, 2.05) is 48.5 Å². The normalized spacial score (nSPS) is 14.8. The summed E-state index contributed by atoms with van der Waals surface area (Å²) < 4.78 is 11.4. The predicted molar refractivity (Wildman–Crippen MR) is 126 cm³/mol. The molecule has 0 bridgehead atoms. The third kappa shape index (κ3) is 3.78. The van der Waals surface area contributed by atoms with Gasteiger partial charge in [0.25, 0.3) is 0 Å². The summed E-state index contributed by atoms with van der Waals surface area (Å²) in [5.74, 6) is -0.188. The molecular weight excluding hydrogens is 436 g/mol. The molecule has 1 aliphatic heterocycles. The molecule has 1 heterocycles. The lowest BCUT2D eigenvalue weighted by Gasteiger charge is -2.26. The van der Waals surface area contributed by atoms with Crippen LogP contribution in [0.3, 0.4) is 0 Å². The lowest BCUT2D eigenvalue weighted by Crippen LogP contribution is -2.21. The molecule has 0 aliphatic carbocycles. The maximum absolute atomic E-state index is 12.9. The molecule has 0 amide bonds. The molecule has 2 N–H and O–H groups in total. The predicted octanol–water partition coefficient (Wildman–Crippen LogP) is 5.93. The zero-order valence-electron chi connectivity index (χ0n) is 17.3. The van der Waals surface area contributed by atoms with E-state index < -0.39 is 11.9 Å². The van der Waals surface area contributed by atoms with Gasteiger partial charge in [-0.1, -0.05) is 66.2 Å². The van der Waals surface area contributed by atoms with E-state index in [0.29, 0.717) is 27.7 Å². The van der Waals surface area contributed by atoms with Crippen LogP contribution >= 0.6 is 11.6 Å². The van der Waals surface area contributed by atoms with Crippen LogP contribution in [0.2, 0.25) is 5.02 Å². The van der Waals surface area contributed by atoms with Gasteiger partial charge in [-0.2, -0.15) is 5.26 Å². The molecule has 5 nitrogen and oxygen atoms in total. The Labute approximate surface area is 195 Å². The van der Waals surface area contributed by atoms with Crippen molar-refractivity contribution in [1.82, 2.24) is 0 Å². The molecule has 1 atom stereocenters. The summed E-state index contributed by atoms with van der Waals surface area (Å²) in [6, 6.07) is 27.6. The molecule has 0 spiro atoms. The Kier molecular flexibility index (Phi) is 5.21. The van der Waals surface area contributed by atoms with E-state index in [0.717, 1.165) is 21.9 Å². The fourth-order valence-corrected chi connectivity index (χ4v) is 4.29. The first-order valence-corrected chi connectivity index (χ1v) is 10.6. The highest BCUT2D eigenvalue weighted by Gasteiger charge is 2.31. The number of fused-ring (bicyclic) bond motifs is 2. The smallest absolute Gasteiger partial charge is 0.344 e. The summed E-state index contributed by atoms with van der Waals surface area (Å²) in [5, 5.41) is 12.0. The quantitative estimate of drug-likeness (QED) is 0.307. The van der Waals surface area contributed by atoms with Gasteiger partial charge in [0.2, 0.25) is 5.88 Å². The van der Waals surface area contributed by atoms with Gasteiger partial charge in [-0.3, -0.25) is 0 Å². The largest absolute Gasteiger partial charge is 0.440 e. The van der Waals surface area contributed by atoms with E-state index in [1.165, 1.54) is 0 Å². The summed E-state index contributed by atoms with van der Waals surface area (Å²) >= 11 is 6.18. The van der Waals surface area contributed by atoms with Crippen molar-refractivity contribution < 1.29 is 14.3 Å². The van der Waals surface area contributed by atoms with Crippen LogP contribution < -0.4 is 15.2 Å². The van der Waals surface area contributed by atoms with E-state index in [1.54, 1.807) is 36.4 Å². The number of nitriles is 1. The highest BCUT2D eigenvalue weighted by molar-refractivity contribution is 6.30. The van der Waals surface area contributed by atoms with E-state index in [4.69, 9.17) is 26.8 Å². The topological polar surface area (TPSA) is 85.3 Å². The van der Waals surface area contributed by atoms with Gasteiger partial charge >= 0.3 is 5.97 Å². The average Bonchev–Trinajstić information content (AvgIpc) is 2.82. The van der Waals surface area contributed by atoms with E-state index >= 15 is 0 Å². The number of esters is 1. The Morgan fingerprint density at radius 1 is 1.00 bits per heavy atom. The standard InChI is InChI=1S/C27H17ClN2O3/c28-18-8-3-7-17(13-18)25-22-12-11-19(14-24(22)33-26(30)23(25)15-29)32-27(31)21-10-4-6-16-5-1-2-9-20(16)21/h1-14,25H,30H2. The molecule has 6 heteroatoms. The van der Waals surface area contributed by atoms with Gasteiger partial charge in [0.1, 0.15) is 23.1 Å². The minimum Gasteiger partial charge on any atom is -0.440 e. The number of ether oxygens (including phenoxy) is 2. The summed E-state index contributed by atoms with van der Waals surface area (Å²) in [7, 11) is 0. The van der Waals surface area contributed by atoms with Crippen molar-refractivity contribution >= 4 is 28.3 Å². The van der Waals surface area contributed by atoms with Crippen molar-refractivity contribution in [1.29, 1.82) is 5.26 Å². The van der Waals surface area contributed by atoms with Gasteiger partial charge in [0, 0.05) is 16.7 Å². The van der Waals surface area contributed by atoms with Crippen molar-refractivity contribution in [2.45, 2.75) is 5.92 Å². The number of rotatable bonds is 3. The molecule has 1 unspecified atom stereocenters. The molecule has 4 aromatic rings. The number of hydrogen-bond acceptors (Lipinski definition) is 5. The number of benzene rings is 4. The number of hydrogen-bond donors (Lipinski definition) is 1. The van der Waals surface area contributed by atoms with Crippen LogP contribution in [0.15, 0.2) is 96.4 Å². The van der Waals surface area contributed by atoms with E-state index in [2.05, 4.69) is 6.07 Å². The first-order valence-electron chi connectivity index (χ1n) is 10.2. The van der Waals surface area contributed by atoms with Gasteiger partial charge < -0.3 is 15.2 Å². The molecular formula is C27H17ClN2O3.